The first kappa shape index (κ1) is 21.8. The maximum atomic E-state index is 12.7. The van der Waals surface area contributed by atoms with Gasteiger partial charge in [0.15, 0.2) is 0 Å². The van der Waals surface area contributed by atoms with E-state index in [-0.39, 0.29) is 6.03 Å². The van der Waals surface area contributed by atoms with Crippen LogP contribution in [-0.4, -0.2) is 57.3 Å². The molecule has 0 atom stereocenters. The van der Waals surface area contributed by atoms with Gasteiger partial charge >= 0.3 is 12.0 Å². The molecule has 2 aromatic rings. The molecular formula is C22H26ClN3O4. The lowest BCUT2D eigenvalue weighted by molar-refractivity contribution is 0.0600. The number of rotatable bonds is 7. The molecule has 0 unspecified atom stereocenters. The van der Waals surface area contributed by atoms with Gasteiger partial charge in [0.25, 0.3) is 0 Å². The molecule has 3 rings (SSSR count). The minimum absolute atomic E-state index is 0.285. The highest BCUT2D eigenvalue weighted by atomic mass is 35.5. The molecule has 0 radical (unpaired) electrons. The van der Waals surface area contributed by atoms with E-state index in [1.54, 1.807) is 31.3 Å². The summed E-state index contributed by atoms with van der Waals surface area (Å²) in [5.41, 5.74) is 1.88. The summed E-state index contributed by atoms with van der Waals surface area (Å²) in [6.45, 7) is 2.55. The smallest absolute Gasteiger partial charge is 0.337 e. The van der Waals surface area contributed by atoms with Crippen molar-refractivity contribution in [3.63, 3.8) is 0 Å². The average molecular weight is 432 g/mol. The van der Waals surface area contributed by atoms with Crippen LogP contribution in [0.2, 0.25) is 5.02 Å². The van der Waals surface area contributed by atoms with E-state index in [2.05, 4.69) is 10.2 Å². The third-order valence-electron chi connectivity index (χ3n) is 4.94. The van der Waals surface area contributed by atoms with Crippen LogP contribution in [0, 0.1) is 0 Å². The number of amides is 2. The van der Waals surface area contributed by atoms with E-state index in [1.807, 2.05) is 18.2 Å². The zero-order valence-corrected chi connectivity index (χ0v) is 17.9. The summed E-state index contributed by atoms with van der Waals surface area (Å²) in [6, 6.07) is 12.1. The second kappa shape index (κ2) is 10.2. The number of likely N-dealkylation sites (N-methyl/N-ethyl adjacent to an activating group) is 1. The van der Waals surface area contributed by atoms with Crippen molar-refractivity contribution in [2.75, 3.05) is 50.6 Å². The van der Waals surface area contributed by atoms with Crippen LogP contribution >= 0.6 is 11.6 Å². The zero-order valence-electron chi connectivity index (χ0n) is 17.2. The van der Waals surface area contributed by atoms with Crippen molar-refractivity contribution in [1.82, 2.24) is 4.90 Å². The molecule has 30 heavy (non-hydrogen) atoms. The number of halogens is 1. The number of carbonyl (C=O) groups is 2. The SMILES string of the molecule is COC(=O)c1ccc(N2CCCC2)c(NC(=O)N(C)CCOc2cccc(Cl)c2)c1. The monoisotopic (exact) mass is 431 g/mol. The van der Waals surface area contributed by atoms with Gasteiger partial charge in [-0.05, 0) is 49.2 Å². The van der Waals surface area contributed by atoms with Crippen molar-refractivity contribution in [1.29, 1.82) is 0 Å². The van der Waals surface area contributed by atoms with Crippen molar-refractivity contribution >= 4 is 35.0 Å². The molecule has 1 aliphatic heterocycles. The standard InChI is InChI=1S/C22H26ClN3O4/c1-25(12-13-30-18-7-5-6-17(23)15-18)22(28)24-19-14-16(21(27)29-2)8-9-20(19)26-10-3-4-11-26/h5-9,14-15H,3-4,10-13H2,1-2H3,(H,24,28). The third-order valence-corrected chi connectivity index (χ3v) is 5.18. The van der Waals surface area contributed by atoms with Crippen LogP contribution in [0.5, 0.6) is 5.75 Å². The maximum absolute atomic E-state index is 12.7. The van der Waals surface area contributed by atoms with Gasteiger partial charge in [-0.2, -0.15) is 0 Å². The minimum Gasteiger partial charge on any atom is -0.492 e. The van der Waals surface area contributed by atoms with E-state index in [0.29, 0.717) is 35.2 Å². The number of hydrogen-bond donors (Lipinski definition) is 1. The van der Waals surface area contributed by atoms with Crippen molar-refractivity contribution < 1.29 is 19.1 Å². The minimum atomic E-state index is -0.443. The van der Waals surface area contributed by atoms with Crippen molar-refractivity contribution in [2.24, 2.45) is 0 Å². The molecule has 0 aromatic heterocycles. The van der Waals surface area contributed by atoms with E-state index in [4.69, 9.17) is 21.1 Å². The van der Waals surface area contributed by atoms with E-state index < -0.39 is 5.97 Å². The van der Waals surface area contributed by atoms with Gasteiger partial charge in [-0.25, -0.2) is 9.59 Å². The maximum Gasteiger partial charge on any atom is 0.337 e. The Kier molecular flexibility index (Phi) is 7.41. The predicted octanol–water partition coefficient (Wildman–Crippen LogP) is 4.27. The lowest BCUT2D eigenvalue weighted by Gasteiger charge is -2.24. The number of hydrogen-bond acceptors (Lipinski definition) is 5. The molecule has 1 aliphatic rings. The van der Waals surface area contributed by atoms with Gasteiger partial charge in [0.1, 0.15) is 12.4 Å². The van der Waals surface area contributed by atoms with Crippen LogP contribution in [0.4, 0.5) is 16.2 Å². The lowest BCUT2D eigenvalue weighted by atomic mass is 10.1. The number of ether oxygens (including phenoxy) is 2. The molecule has 1 fully saturated rings. The Morgan fingerprint density at radius 2 is 1.93 bits per heavy atom. The van der Waals surface area contributed by atoms with Crippen LogP contribution < -0.4 is 15.0 Å². The van der Waals surface area contributed by atoms with Gasteiger partial charge in [-0.15, -0.1) is 0 Å². The number of methoxy groups -OCH3 is 1. The molecule has 1 heterocycles. The summed E-state index contributed by atoms with van der Waals surface area (Å²) in [5, 5.41) is 3.52. The Bertz CT molecular complexity index is 900. The first-order valence-corrected chi connectivity index (χ1v) is 10.2. The number of esters is 1. The number of benzene rings is 2. The molecule has 2 amide bonds. The molecular weight excluding hydrogens is 406 g/mol. The highest BCUT2D eigenvalue weighted by Crippen LogP contribution is 2.30. The van der Waals surface area contributed by atoms with Crippen LogP contribution in [0.15, 0.2) is 42.5 Å². The average Bonchev–Trinajstić information content (AvgIpc) is 3.27. The third kappa shape index (κ3) is 5.57. The van der Waals surface area contributed by atoms with Crippen molar-refractivity contribution in [2.45, 2.75) is 12.8 Å². The van der Waals surface area contributed by atoms with E-state index in [0.717, 1.165) is 31.6 Å². The normalized spacial score (nSPS) is 13.1. The lowest BCUT2D eigenvalue weighted by Crippen LogP contribution is -2.35. The Morgan fingerprint density at radius 3 is 2.63 bits per heavy atom. The summed E-state index contributed by atoms with van der Waals surface area (Å²) in [5.74, 6) is 0.208. The molecule has 8 heteroatoms. The summed E-state index contributed by atoms with van der Waals surface area (Å²) in [7, 11) is 3.03. The van der Waals surface area contributed by atoms with Crippen LogP contribution in [0.1, 0.15) is 23.2 Å². The number of anilines is 2. The second-order valence-electron chi connectivity index (χ2n) is 7.08. The predicted molar refractivity (Wildman–Crippen MR) is 118 cm³/mol. The number of carbonyl (C=O) groups excluding carboxylic acids is 2. The summed E-state index contributed by atoms with van der Waals surface area (Å²) in [4.78, 5) is 28.4. The Hall–Kier alpha value is -2.93. The van der Waals surface area contributed by atoms with E-state index in [9.17, 15) is 9.59 Å². The van der Waals surface area contributed by atoms with Gasteiger partial charge in [0.2, 0.25) is 0 Å². The van der Waals surface area contributed by atoms with Crippen LogP contribution in [-0.2, 0) is 4.74 Å². The highest BCUT2D eigenvalue weighted by molar-refractivity contribution is 6.30. The second-order valence-corrected chi connectivity index (χ2v) is 7.51. The first-order chi connectivity index (χ1) is 14.5. The van der Waals surface area contributed by atoms with Gasteiger partial charge in [-0.1, -0.05) is 17.7 Å². The molecule has 0 spiro atoms. The number of nitrogens with one attached hydrogen (secondary N) is 1. The van der Waals surface area contributed by atoms with E-state index in [1.165, 1.54) is 12.0 Å². The van der Waals surface area contributed by atoms with Gasteiger partial charge in [0, 0.05) is 25.2 Å². The summed E-state index contributed by atoms with van der Waals surface area (Å²) >= 11 is 5.95. The topological polar surface area (TPSA) is 71.1 Å². The highest BCUT2D eigenvalue weighted by Gasteiger charge is 2.20. The number of urea groups is 1. The fourth-order valence-electron chi connectivity index (χ4n) is 3.28. The fourth-order valence-corrected chi connectivity index (χ4v) is 3.46. The molecule has 2 aromatic carbocycles. The Balaban J connectivity index is 1.65. The quantitative estimate of drug-likeness (QED) is 0.663. The fraction of sp³-hybridized carbons (Fsp3) is 0.364. The van der Waals surface area contributed by atoms with Gasteiger partial charge < -0.3 is 24.6 Å². The van der Waals surface area contributed by atoms with E-state index >= 15 is 0 Å². The van der Waals surface area contributed by atoms with Crippen LogP contribution in [0.3, 0.4) is 0 Å². The molecule has 0 aliphatic carbocycles. The first-order valence-electron chi connectivity index (χ1n) is 9.85. The van der Waals surface area contributed by atoms with Crippen molar-refractivity contribution in [3.8, 4) is 5.75 Å². The van der Waals surface area contributed by atoms with Gasteiger partial charge in [0.05, 0.1) is 30.6 Å². The van der Waals surface area contributed by atoms with Crippen LogP contribution in [0.25, 0.3) is 0 Å². The zero-order chi connectivity index (χ0) is 21.5. The summed E-state index contributed by atoms with van der Waals surface area (Å²) in [6.07, 6.45) is 2.21. The Labute approximate surface area is 181 Å². The Morgan fingerprint density at radius 1 is 1.17 bits per heavy atom. The largest absolute Gasteiger partial charge is 0.492 e. The number of nitrogens with zero attached hydrogens (tertiary/aromatic N) is 2. The summed E-state index contributed by atoms with van der Waals surface area (Å²) < 4.78 is 10.5. The molecule has 1 N–H and O–H groups in total. The molecule has 7 nitrogen and oxygen atoms in total. The molecule has 0 saturated carbocycles. The molecule has 1 saturated heterocycles. The molecule has 0 bridgehead atoms. The molecule has 160 valence electrons. The van der Waals surface area contributed by atoms with Crippen molar-refractivity contribution in [3.05, 3.63) is 53.1 Å². The van der Waals surface area contributed by atoms with Gasteiger partial charge in [-0.3, -0.25) is 0 Å².